The van der Waals surface area contributed by atoms with Crippen molar-refractivity contribution in [2.24, 2.45) is 0 Å². The molecule has 4 nitrogen and oxygen atoms in total. The Morgan fingerprint density at radius 3 is 2.44 bits per heavy atom. The molecule has 96 valence electrons. The first-order valence-electron chi connectivity index (χ1n) is 6.19. The molecule has 2 N–H and O–H groups in total. The summed E-state index contributed by atoms with van der Waals surface area (Å²) in [4.78, 5) is 0. The highest BCUT2D eigenvalue weighted by Gasteiger charge is 2.10. The van der Waals surface area contributed by atoms with E-state index in [1.807, 2.05) is 42.1 Å². The fraction of sp³-hybridized carbons (Fsp3) is 0.357. The Bertz CT molecular complexity index is 514. The monoisotopic (exact) mass is 245 g/mol. The summed E-state index contributed by atoms with van der Waals surface area (Å²) in [5.41, 5.74) is 8.53. The zero-order valence-corrected chi connectivity index (χ0v) is 11.1. The van der Waals surface area contributed by atoms with Crippen LogP contribution in [0.5, 0.6) is 5.75 Å². The summed E-state index contributed by atoms with van der Waals surface area (Å²) in [6.07, 6.45) is 1.87. The van der Waals surface area contributed by atoms with Crippen LogP contribution in [0.3, 0.4) is 0 Å². The normalized spacial score (nSPS) is 10.9. The van der Waals surface area contributed by atoms with Crippen molar-refractivity contribution in [1.82, 2.24) is 9.78 Å². The maximum absolute atomic E-state index is 5.99. The number of ether oxygens (including phenoxy) is 1. The van der Waals surface area contributed by atoms with Crippen molar-refractivity contribution in [2.75, 3.05) is 12.3 Å². The quantitative estimate of drug-likeness (QED) is 0.900. The van der Waals surface area contributed by atoms with Crippen LogP contribution in [0.4, 0.5) is 5.69 Å². The van der Waals surface area contributed by atoms with E-state index in [0.717, 1.165) is 17.0 Å². The molecule has 0 aliphatic carbocycles. The van der Waals surface area contributed by atoms with Crippen molar-refractivity contribution in [3.8, 4) is 17.0 Å². The van der Waals surface area contributed by atoms with Crippen LogP contribution in [0.2, 0.25) is 0 Å². The van der Waals surface area contributed by atoms with Gasteiger partial charge in [0, 0.05) is 17.8 Å². The third kappa shape index (κ3) is 2.47. The van der Waals surface area contributed by atoms with Crippen LogP contribution in [0.15, 0.2) is 30.5 Å². The van der Waals surface area contributed by atoms with Gasteiger partial charge in [0.05, 0.1) is 12.3 Å². The number of hydrogen-bond donors (Lipinski definition) is 1. The minimum absolute atomic E-state index is 0.309. The van der Waals surface area contributed by atoms with Crippen LogP contribution in [-0.4, -0.2) is 16.4 Å². The fourth-order valence-electron chi connectivity index (χ4n) is 1.77. The van der Waals surface area contributed by atoms with E-state index in [9.17, 15) is 0 Å². The average Bonchev–Trinajstić information content (AvgIpc) is 2.73. The van der Waals surface area contributed by atoms with Gasteiger partial charge in [0.25, 0.3) is 0 Å². The van der Waals surface area contributed by atoms with Gasteiger partial charge in [0.15, 0.2) is 0 Å². The molecule has 0 radical (unpaired) electrons. The molecule has 2 rings (SSSR count). The molecule has 4 heteroatoms. The minimum atomic E-state index is 0.309. The number of anilines is 1. The number of nitrogens with two attached hydrogens (primary N) is 1. The molecule has 0 aliphatic heterocycles. The van der Waals surface area contributed by atoms with Crippen LogP contribution in [0.1, 0.15) is 26.8 Å². The Morgan fingerprint density at radius 2 is 1.94 bits per heavy atom. The lowest BCUT2D eigenvalue weighted by molar-refractivity contribution is 0.340. The van der Waals surface area contributed by atoms with Crippen LogP contribution >= 0.6 is 0 Å². The fourth-order valence-corrected chi connectivity index (χ4v) is 1.77. The van der Waals surface area contributed by atoms with Gasteiger partial charge in [0.2, 0.25) is 0 Å². The first-order chi connectivity index (χ1) is 8.61. The molecule has 0 bridgehead atoms. The first-order valence-corrected chi connectivity index (χ1v) is 6.19. The lowest BCUT2D eigenvalue weighted by Crippen LogP contribution is -2.00. The molecule has 0 atom stereocenters. The summed E-state index contributed by atoms with van der Waals surface area (Å²) < 4.78 is 7.29. The van der Waals surface area contributed by atoms with Crippen molar-refractivity contribution >= 4 is 5.69 Å². The number of aromatic nitrogens is 2. The van der Waals surface area contributed by atoms with Gasteiger partial charge in [-0.1, -0.05) is 0 Å². The summed E-state index contributed by atoms with van der Waals surface area (Å²) in [6.45, 7) is 6.79. The van der Waals surface area contributed by atoms with E-state index in [4.69, 9.17) is 10.5 Å². The van der Waals surface area contributed by atoms with Crippen molar-refractivity contribution in [2.45, 2.75) is 26.8 Å². The maximum atomic E-state index is 5.99. The number of nitrogens with zero attached hydrogens (tertiary/aromatic N) is 2. The van der Waals surface area contributed by atoms with Gasteiger partial charge in [-0.2, -0.15) is 5.10 Å². The topological polar surface area (TPSA) is 53.1 Å². The first kappa shape index (κ1) is 12.5. The number of rotatable bonds is 4. The van der Waals surface area contributed by atoms with Gasteiger partial charge in [-0.25, -0.2) is 0 Å². The maximum Gasteiger partial charge on any atom is 0.119 e. The zero-order valence-electron chi connectivity index (χ0n) is 11.1. The van der Waals surface area contributed by atoms with E-state index in [2.05, 4.69) is 18.9 Å². The lowest BCUT2D eigenvalue weighted by atomic mass is 10.1. The third-order valence-corrected chi connectivity index (χ3v) is 2.73. The lowest BCUT2D eigenvalue weighted by Gasteiger charge is -2.05. The molecule has 0 fully saturated rings. The molecule has 1 aromatic heterocycles. The second-order valence-corrected chi connectivity index (χ2v) is 4.46. The van der Waals surface area contributed by atoms with E-state index < -0.39 is 0 Å². The van der Waals surface area contributed by atoms with Gasteiger partial charge >= 0.3 is 0 Å². The highest BCUT2D eigenvalue weighted by atomic mass is 16.5. The molecular weight excluding hydrogens is 226 g/mol. The molecule has 2 aromatic rings. The Balaban J connectivity index is 2.30. The number of hydrogen-bond acceptors (Lipinski definition) is 3. The van der Waals surface area contributed by atoms with Gasteiger partial charge in [-0.3, -0.25) is 4.68 Å². The van der Waals surface area contributed by atoms with Crippen LogP contribution in [-0.2, 0) is 0 Å². The van der Waals surface area contributed by atoms with E-state index in [1.165, 1.54) is 0 Å². The SMILES string of the molecule is CCOc1ccc(-c2nn(C(C)C)cc2N)cc1. The van der Waals surface area contributed by atoms with Crippen LogP contribution in [0.25, 0.3) is 11.3 Å². The van der Waals surface area contributed by atoms with E-state index in [-0.39, 0.29) is 0 Å². The zero-order chi connectivity index (χ0) is 13.1. The largest absolute Gasteiger partial charge is 0.494 e. The standard InChI is InChI=1S/C14H19N3O/c1-4-18-12-7-5-11(6-8-12)14-13(15)9-17(16-14)10(2)3/h5-10H,4,15H2,1-3H3. The second kappa shape index (κ2) is 5.12. The van der Waals surface area contributed by atoms with Crippen molar-refractivity contribution in [3.05, 3.63) is 30.5 Å². The molecule has 0 aliphatic rings. The second-order valence-electron chi connectivity index (χ2n) is 4.46. The Hall–Kier alpha value is -1.97. The van der Waals surface area contributed by atoms with Gasteiger partial charge in [-0.15, -0.1) is 0 Å². The summed E-state index contributed by atoms with van der Waals surface area (Å²) in [7, 11) is 0. The van der Waals surface area contributed by atoms with Crippen LogP contribution < -0.4 is 10.5 Å². The average molecular weight is 245 g/mol. The van der Waals surface area contributed by atoms with Gasteiger partial charge in [0.1, 0.15) is 11.4 Å². The Kier molecular flexibility index (Phi) is 3.55. The predicted molar refractivity (Wildman–Crippen MR) is 73.6 cm³/mol. The summed E-state index contributed by atoms with van der Waals surface area (Å²) >= 11 is 0. The smallest absolute Gasteiger partial charge is 0.119 e. The van der Waals surface area contributed by atoms with Crippen molar-refractivity contribution < 1.29 is 4.74 Å². The van der Waals surface area contributed by atoms with Crippen molar-refractivity contribution in [1.29, 1.82) is 0 Å². The summed E-state index contributed by atoms with van der Waals surface area (Å²) in [6, 6.07) is 8.14. The van der Waals surface area contributed by atoms with Gasteiger partial charge in [-0.05, 0) is 45.0 Å². The molecule has 0 saturated carbocycles. The molecule has 18 heavy (non-hydrogen) atoms. The molecule has 0 amide bonds. The van der Waals surface area contributed by atoms with Crippen molar-refractivity contribution in [3.63, 3.8) is 0 Å². The Morgan fingerprint density at radius 1 is 1.28 bits per heavy atom. The highest BCUT2D eigenvalue weighted by molar-refractivity contribution is 5.72. The molecule has 0 unspecified atom stereocenters. The number of benzene rings is 1. The van der Waals surface area contributed by atoms with E-state index in [1.54, 1.807) is 0 Å². The number of nitrogen functional groups attached to an aromatic ring is 1. The summed E-state index contributed by atoms with van der Waals surface area (Å²) in [5.74, 6) is 0.864. The van der Waals surface area contributed by atoms with Gasteiger partial charge < -0.3 is 10.5 Å². The molecule has 1 aromatic carbocycles. The highest BCUT2D eigenvalue weighted by Crippen LogP contribution is 2.26. The van der Waals surface area contributed by atoms with Crippen LogP contribution in [0, 0.1) is 0 Å². The molecule has 0 saturated heterocycles. The summed E-state index contributed by atoms with van der Waals surface area (Å²) in [5, 5.41) is 4.51. The van der Waals surface area contributed by atoms with E-state index in [0.29, 0.717) is 18.3 Å². The predicted octanol–water partition coefficient (Wildman–Crippen LogP) is 3.11. The van der Waals surface area contributed by atoms with E-state index >= 15 is 0 Å². The molecule has 1 heterocycles. The molecular formula is C14H19N3O. The minimum Gasteiger partial charge on any atom is -0.494 e. The molecule has 0 spiro atoms. The Labute approximate surface area is 107 Å². The third-order valence-electron chi connectivity index (χ3n) is 2.73.